The number of hydrogen-bond acceptors (Lipinski definition) is 5. The normalized spacial score (nSPS) is 14.9. The number of pyridine rings is 2. The van der Waals surface area contributed by atoms with Crippen molar-refractivity contribution in [3.63, 3.8) is 0 Å². The Hall–Kier alpha value is -3.44. The van der Waals surface area contributed by atoms with Gasteiger partial charge in [-0.2, -0.15) is 0 Å². The van der Waals surface area contributed by atoms with E-state index in [1.165, 1.54) is 16.8 Å². The first kappa shape index (κ1) is 18.6. The maximum atomic E-state index is 5.88. The van der Waals surface area contributed by atoms with Gasteiger partial charge in [0.15, 0.2) is 0 Å². The zero-order chi connectivity index (χ0) is 20.5. The van der Waals surface area contributed by atoms with Crippen LogP contribution in [0.15, 0.2) is 73.1 Å². The molecule has 5 rings (SSSR count). The van der Waals surface area contributed by atoms with E-state index < -0.39 is 0 Å². The summed E-state index contributed by atoms with van der Waals surface area (Å²) < 4.78 is 0. The lowest BCUT2D eigenvalue weighted by Crippen LogP contribution is -2.44. The highest BCUT2D eigenvalue weighted by Gasteiger charge is 2.14. The largest absolute Gasteiger partial charge is 0.384 e. The van der Waals surface area contributed by atoms with Crippen molar-refractivity contribution in [2.45, 2.75) is 0 Å². The Bertz CT molecular complexity index is 1180. The van der Waals surface area contributed by atoms with Crippen LogP contribution in [0.3, 0.4) is 0 Å². The lowest BCUT2D eigenvalue weighted by Gasteiger charge is -2.34. The fourth-order valence-corrected chi connectivity index (χ4v) is 4.12. The molecule has 5 heteroatoms. The summed E-state index contributed by atoms with van der Waals surface area (Å²) in [7, 11) is 2.18. The molecule has 0 atom stereocenters. The Morgan fingerprint density at radius 1 is 0.733 bits per heavy atom. The SMILES string of the molecule is CN1CCN(c2ccc(-c3ccnc4ccc(-c5ccnc(N)c5)cc34)cc2)CC1. The second-order valence-corrected chi connectivity index (χ2v) is 7.90. The van der Waals surface area contributed by atoms with Gasteiger partial charge < -0.3 is 15.5 Å². The van der Waals surface area contributed by atoms with E-state index >= 15 is 0 Å². The predicted octanol–water partition coefficient (Wildman–Crippen LogP) is 4.30. The van der Waals surface area contributed by atoms with Crippen LogP contribution in [0.1, 0.15) is 0 Å². The minimum Gasteiger partial charge on any atom is -0.384 e. The van der Waals surface area contributed by atoms with Crippen LogP contribution in [0, 0.1) is 0 Å². The number of hydrogen-bond donors (Lipinski definition) is 1. The smallest absolute Gasteiger partial charge is 0.123 e. The molecule has 2 aromatic carbocycles. The molecule has 2 N–H and O–H groups in total. The molecule has 5 nitrogen and oxygen atoms in total. The van der Waals surface area contributed by atoms with Crippen molar-refractivity contribution in [2.24, 2.45) is 0 Å². The Morgan fingerprint density at radius 3 is 2.20 bits per heavy atom. The molecule has 30 heavy (non-hydrogen) atoms. The molecule has 0 radical (unpaired) electrons. The third-order valence-corrected chi connectivity index (χ3v) is 5.90. The van der Waals surface area contributed by atoms with Gasteiger partial charge >= 0.3 is 0 Å². The number of likely N-dealkylation sites (N-methyl/N-ethyl adjacent to an activating group) is 1. The number of nitrogens with zero attached hydrogens (tertiary/aromatic N) is 4. The Labute approximate surface area is 176 Å². The Balaban J connectivity index is 1.51. The average molecular weight is 396 g/mol. The molecule has 0 saturated carbocycles. The molecule has 0 aliphatic carbocycles. The van der Waals surface area contributed by atoms with Gasteiger partial charge in [0.05, 0.1) is 5.52 Å². The third kappa shape index (κ3) is 3.60. The lowest BCUT2D eigenvalue weighted by atomic mass is 9.97. The molecule has 0 amide bonds. The summed E-state index contributed by atoms with van der Waals surface area (Å²) in [5, 5.41) is 1.14. The van der Waals surface area contributed by atoms with E-state index in [1.807, 2.05) is 18.3 Å². The minimum absolute atomic E-state index is 0.526. The number of benzene rings is 2. The standard InChI is InChI=1S/C25H25N5/c1-29-12-14-30(15-13-29)21-5-2-18(3-6-21)22-9-11-27-24-7-4-19(16-23(22)24)20-8-10-28-25(26)17-20/h2-11,16-17H,12-15H2,1H3,(H2,26,28). The summed E-state index contributed by atoms with van der Waals surface area (Å²) in [4.78, 5) is 13.5. The van der Waals surface area contributed by atoms with Gasteiger partial charge in [-0.1, -0.05) is 18.2 Å². The van der Waals surface area contributed by atoms with Crippen molar-refractivity contribution in [3.8, 4) is 22.3 Å². The molecule has 0 spiro atoms. The second-order valence-electron chi connectivity index (χ2n) is 7.90. The van der Waals surface area contributed by atoms with E-state index in [9.17, 15) is 0 Å². The van der Waals surface area contributed by atoms with Gasteiger partial charge in [-0.15, -0.1) is 0 Å². The first-order valence-corrected chi connectivity index (χ1v) is 10.3. The molecule has 0 bridgehead atoms. The van der Waals surface area contributed by atoms with Gasteiger partial charge in [-0.05, 0) is 71.8 Å². The lowest BCUT2D eigenvalue weighted by molar-refractivity contribution is 0.313. The van der Waals surface area contributed by atoms with E-state index in [2.05, 4.69) is 75.3 Å². The first-order valence-electron chi connectivity index (χ1n) is 10.3. The van der Waals surface area contributed by atoms with E-state index in [4.69, 9.17) is 5.73 Å². The number of nitrogen functional groups attached to an aromatic ring is 1. The fourth-order valence-electron chi connectivity index (χ4n) is 4.12. The Kier molecular flexibility index (Phi) is 4.81. The van der Waals surface area contributed by atoms with E-state index in [0.717, 1.165) is 48.2 Å². The van der Waals surface area contributed by atoms with Crippen LogP contribution in [0.5, 0.6) is 0 Å². The molecular weight excluding hydrogens is 370 g/mol. The molecule has 3 heterocycles. The first-order chi connectivity index (χ1) is 14.7. The third-order valence-electron chi connectivity index (χ3n) is 5.90. The molecule has 1 aliphatic rings. The number of nitrogens with two attached hydrogens (primary N) is 1. The monoisotopic (exact) mass is 395 g/mol. The molecule has 1 saturated heterocycles. The summed E-state index contributed by atoms with van der Waals surface area (Å²) in [6.07, 6.45) is 3.63. The Morgan fingerprint density at radius 2 is 1.43 bits per heavy atom. The quantitative estimate of drug-likeness (QED) is 0.561. The van der Waals surface area contributed by atoms with Crippen molar-refractivity contribution in [1.29, 1.82) is 0 Å². The molecule has 4 aromatic rings. The highest BCUT2D eigenvalue weighted by atomic mass is 15.2. The van der Waals surface area contributed by atoms with Crippen LogP contribution in [-0.2, 0) is 0 Å². The van der Waals surface area contributed by atoms with Gasteiger partial charge in [-0.25, -0.2) is 4.98 Å². The summed E-state index contributed by atoms with van der Waals surface area (Å²) in [6.45, 7) is 4.37. The van der Waals surface area contributed by atoms with Crippen molar-refractivity contribution >= 4 is 22.4 Å². The van der Waals surface area contributed by atoms with E-state index in [1.54, 1.807) is 6.20 Å². The number of rotatable bonds is 3. The van der Waals surface area contributed by atoms with Crippen LogP contribution in [0.2, 0.25) is 0 Å². The molecule has 150 valence electrons. The van der Waals surface area contributed by atoms with Crippen molar-refractivity contribution < 1.29 is 0 Å². The number of fused-ring (bicyclic) bond motifs is 1. The highest BCUT2D eigenvalue weighted by Crippen LogP contribution is 2.32. The number of piperazine rings is 1. The summed E-state index contributed by atoms with van der Waals surface area (Å²) >= 11 is 0. The number of anilines is 2. The maximum Gasteiger partial charge on any atom is 0.123 e. The fraction of sp³-hybridized carbons (Fsp3) is 0.200. The van der Waals surface area contributed by atoms with Crippen molar-refractivity contribution in [1.82, 2.24) is 14.9 Å². The molecular formula is C25H25N5. The van der Waals surface area contributed by atoms with Gasteiger partial charge in [-0.3, -0.25) is 4.98 Å². The van der Waals surface area contributed by atoms with Crippen molar-refractivity contribution in [3.05, 3.63) is 73.1 Å². The van der Waals surface area contributed by atoms with Gasteiger partial charge in [0.25, 0.3) is 0 Å². The summed E-state index contributed by atoms with van der Waals surface area (Å²) in [5.41, 5.74) is 12.7. The summed E-state index contributed by atoms with van der Waals surface area (Å²) in [5.74, 6) is 0.526. The van der Waals surface area contributed by atoms with Gasteiger partial charge in [0, 0.05) is 49.6 Å². The van der Waals surface area contributed by atoms with Crippen LogP contribution in [0.25, 0.3) is 33.2 Å². The maximum absolute atomic E-state index is 5.88. The highest BCUT2D eigenvalue weighted by molar-refractivity contribution is 5.97. The van der Waals surface area contributed by atoms with Crippen molar-refractivity contribution in [2.75, 3.05) is 43.9 Å². The van der Waals surface area contributed by atoms with E-state index in [-0.39, 0.29) is 0 Å². The average Bonchev–Trinajstić information content (AvgIpc) is 2.79. The minimum atomic E-state index is 0.526. The van der Waals surface area contributed by atoms with Crippen LogP contribution >= 0.6 is 0 Å². The predicted molar refractivity (Wildman–Crippen MR) is 125 cm³/mol. The molecule has 1 aliphatic heterocycles. The van der Waals surface area contributed by atoms with Gasteiger partial charge in [0.2, 0.25) is 0 Å². The van der Waals surface area contributed by atoms with Crippen LogP contribution in [-0.4, -0.2) is 48.1 Å². The second kappa shape index (κ2) is 7.76. The topological polar surface area (TPSA) is 58.3 Å². The van der Waals surface area contributed by atoms with Crippen LogP contribution in [0.4, 0.5) is 11.5 Å². The zero-order valence-corrected chi connectivity index (χ0v) is 17.1. The molecule has 1 fully saturated rings. The summed E-state index contributed by atoms with van der Waals surface area (Å²) in [6, 6.07) is 21.3. The molecule has 0 unspecified atom stereocenters. The number of aromatic nitrogens is 2. The zero-order valence-electron chi connectivity index (χ0n) is 17.1. The van der Waals surface area contributed by atoms with Crippen LogP contribution < -0.4 is 10.6 Å². The molecule has 2 aromatic heterocycles. The van der Waals surface area contributed by atoms with Gasteiger partial charge in [0.1, 0.15) is 5.82 Å². The van der Waals surface area contributed by atoms with E-state index in [0.29, 0.717) is 5.82 Å².